The number of nitrogens with zero attached hydrogens (tertiary/aromatic N) is 1. The second kappa shape index (κ2) is 8.44. The second-order valence-corrected chi connectivity index (χ2v) is 5.86. The van der Waals surface area contributed by atoms with E-state index in [-0.39, 0.29) is 23.0 Å². The van der Waals surface area contributed by atoms with Crippen molar-refractivity contribution in [3.8, 4) is 0 Å². The topological polar surface area (TPSA) is 108 Å². The van der Waals surface area contributed by atoms with Gasteiger partial charge in [0.1, 0.15) is 11.4 Å². The van der Waals surface area contributed by atoms with Crippen LogP contribution in [0, 0.1) is 10.1 Å². The van der Waals surface area contributed by atoms with Crippen LogP contribution in [0.15, 0.2) is 28.4 Å². The van der Waals surface area contributed by atoms with Gasteiger partial charge in [-0.2, -0.15) is 0 Å². The van der Waals surface area contributed by atoms with Crippen LogP contribution in [-0.2, 0) is 19.1 Å². The van der Waals surface area contributed by atoms with E-state index in [1.807, 2.05) is 13.8 Å². The number of anilines is 1. The molecule has 1 aromatic carbocycles. The molecule has 0 saturated carbocycles. The third kappa shape index (κ3) is 4.79. The number of esters is 2. The number of hydrogen-bond acceptors (Lipinski definition) is 7. The zero-order valence-corrected chi connectivity index (χ0v) is 15.2. The van der Waals surface area contributed by atoms with Crippen LogP contribution in [-0.4, -0.2) is 31.1 Å². The van der Waals surface area contributed by atoms with Crippen molar-refractivity contribution in [2.75, 3.05) is 19.5 Å². The highest BCUT2D eigenvalue weighted by Crippen LogP contribution is 2.37. The molecule has 0 spiro atoms. The first-order valence-corrected chi connectivity index (χ1v) is 7.63. The maximum absolute atomic E-state index is 11.8. The van der Waals surface area contributed by atoms with Crippen LogP contribution in [0.25, 0.3) is 0 Å². The molecule has 0 aliphatic heterocycles. The van der Waals surface area contributed by atoms with Gasteiger partial charge in [-0.15, -0.1) is 0 Å². The van der Waals surface area contributed by atoms with Gasteiger partial charge in [-0.05, 0) is 33.5 Å². The van der Waals surface area contributed by atoms with Gasteiger partial charge in [0.2, 0.25) is 0 Å². The highest BCUT2D eigenvalue weighted by Gasteiger charge is 2.23. The van der Waals surface area contributed by atoms with Crippen molar-refractivity contribution < 1.29 is 24.0 Å². The van der Waals surface area contributed by atoms with Crippen molar-refractivity contribution in [1.82, 2.24) is 0 Å². The predicted molar refractivity (Wildman–Crippen MR) is 90.6 cm³/mol. The van der Waals surface area contributed by atoms with Crippen molar-refractivity contribution in [2.45, 2.75) is 19.8 Å². The summed E-state index contributed by atoms with van der Waals surface area (Å²) >= 11 is 3.25. The number of benzene rings is 1. The van der Waals surface area contributed by atoms with Gasteiger partial charge < -0.3 is 14.8 Å². The smallest absolute Gasteiger partial charge is 0.354 e. The number of halogens is 1. The molecule has 0 unspecified atom stereocenters. The van der Waals surface area contributed by atoms with E-state index >= 15 is 0 Å². The van der Waals surface area contributed by atoms with E-state index in [0.29, 0.717) is 4.47 Å². The number of nitro groups is 1. The molecule has 0 heterocycles. The Labute approximate surface area is 147 Å². The molecule has 1 aromatic rings. The Hall–Kier alpha value is -2.42. The summed E-state index contributed by atoms with van der Waals surface area (Å²) in [6.45, 7) is 3.80. The van der Waals surface area contributed by atoms with Gasteiger partial charge >= 0.3 is 11.9 Å². The number of nitro benzene ring substituents is 1. The number of hydrogen-bond donors (Lipinski definition) is 1. The first-order chi connectivity index (χ1) is 11.2. The van der Waals surface area contributed by atoms with Crippen LogP contribution >= 0.6 is 15.9 Å². The third-order valence-corrected chi connectivity index (χ3v) is 3.71. The lowest BCUT2D eigenvalue weighted by Gasteiger charge is -2.14. The summed E-state index contributed by atoms with van der Waals surface area (Å²) in [7, 11) is 2.27. The Morgan fingerprint density at radius 2 is 1.92 bits per heavy atom. The molecule has 0 atom stereocenters. The highest BCUT2D eigenvalue weighted by atomic mass is 79.9. The molecule has 130 valence electrons. The zero-order chi connectivity index (χ0) is 18.4. The number of carbonyl (C=O) groups is 2. The molecule has 0 fully saturated rings. The number of nitrogens with one attached hydrogen (secondary N) is 1. The van der Waals surface area contributed by atoms with Gasteiger partial charge in [0.05, 0.1) is 25.2 Å². The fourth-order valence-corrected chi connectivity index (χ4v) is 2.35. The van der Waals surface area contributed by atoms with Crippen LogP contribution in [0.2, 0.25) is 0 Å². The lowest BCUT2D eigenvalue weighted by Crippen LogP contribution is -2.16. The Morgan fingerprint density at radius 3 is 2.38 bits per heavy atom. The Bertz CT molecular complexity index is 699. The van der Waals surface area contributed by atoms with Crippen LogP contribution in [0.4, 0.5) is 11.4 Å². The van der Waals surface area contributed by atoms with Gasteiger partial charge in [-0.25, -0.2) is 9.59 Å². The lowest BCUT2D eigenvalue weighted by atomic mass is 10.0. The highest BCUT2D eigenvalue weighted by molar-refractivity contribution is 9.10. The molecule has 0 saturated heterocycles. The van der Waals surface area contributed by atoms with Crippen LogP contribution < -0.4 is 5.32 Å². The van der Waals surface area contributed by atoms with Gasteiger partial charge in [0.15, 0.2) is 0 Å². The molecule has 9 heteroatoms. The quantitative estimate of drug-likeness (QED) is 0.338. The molecule has 1 N–H and O–H groups in total. The van der Waals surface area contributed by atoms with E-state index in [0.717, 1.165) is 25.9 Å². The maximum atomic E-state index is 11.8. The summed E-state index contributed by atoms with van der Waals surface area (Å²) in [5.74, 6) is -1.60. The van der Waals surface area contributed by atoms with Crippen LogP contribution in [0.1, 0.15) is 25.3 Å². The van der Waals surface area contributed by atoms with Crippen molar-refractivity contribution >= 4 is 39.2 Å². The van der Waals surface area contributed by atoms with Gasteiger partial charge in [0.25, 0.3) is 5.69 Å². The minimum Gasteiger partial charge on any atom is -0.466 e. The molecule has 0 amide bonds. The number of carbonyl (C=O) groups excluding carboxylic acids is 2. The standard InChI is InChI=1S/C15H17BrN2O6/c1-8(2)9-5-10(16)14(12(6-9)18(21)22)17-11(15(20)24-4)7-13(19)23-3/h5-8,17H,1-4H3/b11-7+. The van der Waals surface area contributed by atoms with E-state index in [4.69, 9.17) is 0 Å². The van der Waals surface area contributed by atoms with Crippen LogP contribution in [0.3, 0.4) is 0 Å². The molecular formula is C15H17BrN2O6. The minimum atomic E-state index is -0.866. The number of ether oxygens (including phenoxy) is 2. The SMILES string of the molecule is COC(=O)/C=C(/Nc1c(Br)cc(C(C)C)cc1[N+](=O)[O-])C(=O)OC. The summed E-state index contributed by atoms with van der Waals surface area (Å²) in [5.41, 5.74) is 0.249. The van der Waals surface area contributed by atoms with E-state index in [9.17, 15) is 19.7 Å². The Balaban J connectivity index is 3.43. The van der Waals surface area contributed by atoms with Gasteiger partial charge in [0, 0.05) is 10.5 Å². The molecule has 24 heavy (non-hydrogen) atoms. The third-order valence-electron chi connectivity index (χ3n) is 3.08. The molecule has 0 aromatic heterocycles. The van der Waals surface area contributed by atoms with Crippen molar-refractivity contribution in [3.63, 3.8) is 0 Å². The zero-order valence-electron chi connectivity index (χ0n) is 13.6. The average molecular weight is 401 g/mol. The van der Waals surface area contributed by atoms with Gasteiger partial charge in [-0.1, -0.05) is 13.8 Å². The molecule has 1 rings (SSSR count). The summed E-state index contributed by atoms with van der Waals surface area (Å²) in [6.07, 6.45) is 0.859. The van der Waals surface area contributed by atoms with Crippen molar-refractivity contribution in [2.24, 2.45) is 0 Å². The Kier molecular flexibility index (Phi) is 6.90. The normalized spacial score (nSPS) is 11.2. The number of rotatable bonds is 6. The first-order valence-electron chi connectivity index (χ1n) is 6.84. The largest absolute Gasteiger partial charge is 0.466 e. The van der Waals surface area contributed by atoms with Crippen LogP contribution in [0.5, 0.6) is 0 Å². The summed E-state index contributed by atoms with van der Waals surface area (Å²) < 4.78 is 9.41. The summed E-state index contributed by atoms with van der Waals surface area (Å²) in [4.78, 5) is 34.0. The van der Waals surface area contributed by atoms with E-state index in [1.165, 1.54) is 6.07 Å². The lowest BCUT2D eigenvalue weighted by molar-refractivity contribution is -0.384. The van der Waals surface area contributed by atoms with Crippen molar-refractivity contribution in [1.29, 1.82) is 0 Å². The molecule has 0 radical (unpaired) electrons. The fraction of sp³-hybridized carbons (Fsp3) is 0.333. The van der Waals surface area contributed by atoms with E-state index in [2.05, 4.69) is 30.7 Å². The predicted octanol–water partition coefficient (Wildman–Crippen LogP) is 3.12. The Morgan fingerprint density at radius 1 is 1.29 bits per heavy atom. The molecule has 0 aliphatic carbocycles. The van der Waals surface area contributed by atoms with E-state index < -0.39 is 16.9 Å². The molecule has 8 nitrogen and oxygen atoms in total. The first kappa shape index (κ1) is 19.6. The molecule has 0 aliphatic rings. The minimum absolute atomic E-state index is 0.0324. The summed E-state index contributed by atoms with van der Waals surface area (Å²) in [5, 5.41) is 13.9. The van der Waals surface area contributed by atoms with E-state index in [1.54, 1.807) is 6.07 Å². The maximum Gasteiger partial charge on any atom is 0.354 e. The molecular weight excluding hydrogens is 384 g/mol. The van der Waals surface area contributed by atoms with Crippen molar-refractivity contribution in [3.05, 3.63) is 44.1 Å². The second-order valence-electron chi connectivity index (χ2n) is 5.01. The monoisotopic (exact) mass is 400 g/mol. The summed E-state index contributed by atoms with van der Waals surface area (Å²) in [6, 6.07) is 3.11. The fourth-order valence-electron chi connectivity index (χ4n) is 1.78. The number of methoxy groups -OCH3 is 2. The average Bonchev–Trinajstić information content (AvgIpc) is 2.53. The van der Waals surface area contributed by atoms with Gasteiger partial charge in [-0.3, -0.25) is 10.1 Å². The molecule has 0 bridgehead atoms.